The third-order valence-electron chi connectivity index (χ3n) is 3.73. The van der Waals surface area contributed by atoms with Gasteiger partial charge in [-0.2, -0.15) is 0 Å². The minimum Gasteiger partial charge on any atom is -0.294 e. The maximum absolute atomic E-state index is 13.8. The fourth-order valence-corrected chi connectivity index (χ4v) is 2.81. The summed E-state index contributed by atoms with van der Waals surface area (Å²) in [5, 5.41) is 0. The normalized spacial score (nSPS) is 18.2. The number of benzene rings is 1. The van der Waals surface area contributed by atoms with Crippen LogP contribution in [0.25, 0.3) is 0 Å². The molecule has 0 fully saturated rings. The van der Waals surface area contributed by atoms with E-state index in [4.69, 9.17) is 0 Å². The molecule has 2 nitrogen and oxygen atoms in total. The van der Waals surface area contributed by atoms with E-state index in [1.54, 1.807) is 18.3 Å². The van der Waals surface area contributed by atoms with E-state index in [0.717, 1.165) is 16.8 Å². The smallest absolute Gasteiger partial charge is 0.165 e. The lowest BCUT2D eigenvalue weighted by Crippen LogP contribution is -2.21. The Morgan fingerprint density at radius 1 is 1.21 bits per heavy atom. The Morgan fingerprint density at radius 3 is 2.79 bits per heavy atom. The zero-order valence-corrected chi connectivity index (χ0v) is 10.7. The van der Waals surface area contributed by atoms with Crippen molar-refractivity contribution >= 4 is 5.78 Å². The number of nitrogens with zero attached hydrogens (tertiary/aromatic N) is 1. The van der Waals surface area contributed by atoms with Crippen LogP contribution in [0.5, 0.6) is 0 Å². The topological polar surface area (TPSA) is 30.0 Å². The first-order valence-electron chi connectivity index (χ1n) is 6.39. The fourth-order valence-electron chi connectivity index (χ4n) is 2.81. The molecule has 0 aliphatic heterocycles. The van der Waals surface area contributed by atoms with Gasteiger partial charge in [0.25, 0.3) is 0 Å². The lowest BCUT2D eigenvalue weighted by Gasteiger charge is -2.24. The summed E-state index contributed by atoms with van der Waals surface area (Å²) < 4.78 is 13.8. The second kappa shape index (κ2) is 4.57. The maximum Gasteiger partial charge on any atom is 0.165 e. The molecule has 3 rings (SSSR count). The number of fused-ring (bicyclic) bond motifs is 1. The van der Waals surface area contributed by atoms with Crippen LogP contribution in [0.1, 0.15) is 39.5 Å². The monoisotopic (exact) mass is 255 g/mol. The van der Waals surface area contributed by atoms with E-state index < -0.39 is 0 Å². The molecule has 0 spiro atoms. The summed E-state index contributed by atoms with van der Waals surface area (Å²) in [4.78, 5) is 16.5. The molecule has 1 heterocycles. The number of hydrogen-bond acceptors (Lipinski definition) is 2. The van der Waals surface area contributed by atoms with E-state index in [0.29, 0.717) is 18.4 Å². The average Bonchev–Trinajstić information content (AvgIpc) is 2.39. The number of pyridine rings is 1. The zero-order valence-electron chi connectivity index (χ0n) is 10.7. The van der Waals surface area contributed by atoms with Crippen molar-refractivity contribution in [2.75, 3.05) is 0 Å². The SMILES string of the molecule is Cc1ccnc2c1C(=O)CC(c1ccccc1F)C2. The van der Waals surface area contributed by atoms with Gasteiger partial charge >= 0.3 is 0 Å². The van der Waals surface area contributed by atoms with Gasteiger partial charge in [0.15, 0.2) is 5.78 Å². The molecule has 3 heteroatoms. The van der Waals surface area contributed by atoms with Crippen molar-refractivity contribution in [2.24, 2.45) is 0 Å². The van der Waals surface area contributed by atoms with Crippen molar-refractivity contribution < 1.29 is 9.18 Å². The second-order valence-electron chi connectivity index (χ2n) is 5.00. The molecule has 96 valence electrons. The fraction of sp³-hybridized carbons (Fsp3) is 0.250. The zero-order chi connectivity index (χ0) is 13.4. The predicted octanol–water partition coefficient (Wildman–Crippen LogP) is 3.44. The van der Waals surface area contributed by atoms with Crippen LogP contribution < -0.4 is 0 Å². The Morgan fingerprint density at radius 2 is 2.00 bits per heavy atom. The predicted molar refractivity (Wildman–Crippen MR) is 70.8 cm³/mol. The third-order valence-corrected chi connectivity index (χ3v) is 3.73. The highest BCUT2D eigenvalue weighted by atomic mass is 19.1. The second-order valence-corrected chi connectivity index (χ2v) is 5.00. The van der Waals surface area contributed by atoms with E-state index in [1.807, 2.05) is 19.1 Å². The van der Waals surface area contributed by atoms with Crippen molar-refractivity contribution in [3.63, 3.8) is 0 Å². The van der Waals surface area contributed by atoms with Gasteiger partial charge in [-0.3, -0.25) is 9.78 Å². The molecule has 1 aliphatic rings. The first kappa shape index (κ1) is 12.0. The highest BCUT2D eigenvalue weighted by Crippen LogP contribution is 2.33. The van der Waals surface area contributed by atoms with Crippen LogP contribution >= 0.6 is 0 Å². The van der Waals surface area contributed by atoms with Gasteiger partial charge in [-0.1, -0.05) is 18.2 Å². The summed E-state index contributed by atoms with van der Waals surface area (Å²) in [6.45, 7) is 1.92. The molecule has 1 aromatic heterocycles. The van der Waals surface area contributed by atoms with Crippen molar-refractivity contribution in [2.45, 2.75) is 25.7 Å². The van der Waals surface area contributed by atoms with E-state index in [9.17, 15) is 9.18 Å². The van der Waals surface area contributed by atoms with E-state index in [2.05, 4.69) is 4.98 Å². The summed E-state index contributed by atoms with van der Waals surface area (Å²) in [6, 6.07) is 8.52. The van der Waals surface area contributed by atoms with Crippen LogP contribution in [0.4, 0.5) is 4.39 Å². The summed E-state index contributed by atoms with van der Waals surface area (Å²) >= 11 is 0. The van der Waals surface area contributed by atoms with E-state index in [1.165, 1.54) is 6.07 Å². The number of carbonyl (C=O) groups is 1. The minimum atomic E-state index is -0.239. The largest absolute Gasteiger partial charge is 0.294 e. The molecule has 0 saturated carbocycles. The number of halogens is 1. The van der Waals surface area contributed by atoms with Gasteiger partial charge in [-0.15, -0.1) is 0 Å². The molecule has 19 heavy (non-hydrogen) atoms. The van der Waals surface area contributed by atoms with E-state index >= 15 is 0 Å². The lowest BCUT2D eigenvalue weighted by atomic mass is 9.80. The maximum atomic E-state index is 13.8. The van der Waals surface area contributed by atoms with Crippen LogP contribution in [0.15, 0.2) is 36.5 Å². The number of hydrogen-bond donors (Lipinski definition) is 0. The van der Waals surface area contributed by atoms with Crippen LogP contribution in [-0.2, 0) is 6.42 Å². The van der Waals surface area contributed by atoms with Crippen molar-refractivity contribution in [3.8, 4) is 0 Å². The molecule has 0 saturated heterocycles. The van der Waals surface area contributed by atoms with Gasteiger partial charge in [0.1, 0.15) is 5.82 Å². The molecular formula is C16H14FNO. The molecule has 1 atom stereocenters. The summed E-state index contributed by atoms with van der Waals surface area (Å²) in [5.74, 6) is -0.271. The summed E-state index contributed by atoms with van der Waals surface area (Å²) in [7, 11) is 0. The van der Waals surface area contributed by atoms with Crippen LogP contribution in [0, 0.1) is 12.7 Å². The van der Waals surface area contributed by atoms with Crippen LogP contribution in [0.3, 0.4) is 0 Å². The molecule has 1 unspecified atom stereocenters. The average molecular weight is 255 g/mol. The third kappa shape index (κ3) is 2.05. The number of carbonyl (C=O) groups excluding carboxylic acids is 1. The van der Waals surface area contributed by atoms with Crippen molar-refractivity contribution in [3.05, 3.63) is 64.7 Å². The van der Waals surface area contributed by atoms with Gasteiger partial charge < -0.3 is 0 Å². The van der Waals surface area contributed by atoms with Crippen LogP contribution in [-0.4, -0.2) is 10.8 Å². The van der Waals surface area contributed by atoms with E-state index in [-0.39, 0.29) is 17.5 Å². The Kier molecular flexibility index (Phi) is 2.90. The summed E-state index contributed by atoms with van der Waals surface area (Å²) in [5.41, 5.74) is 3.10. The molecule has 2 aromatic rings. The Hall–Kier alpha value is -2.03. The van der Waals surface area contributed by atoms with Gasteiger partial charge in [-0.25, -0.2) is 4.39 Å². The molecular weight excluding hydrogens is 241 g/mol. The van der Waals surface area contributed by atoms with Gasteiger partial charge in [0.2, 0.25) is 0 Å². The first-order chi connectivity index (χ1) is 9.16. The van der Waals surface area contributed by atoms with Gasteiger partial charge in [0.05, 0.1) is 5.69 Å². The standard InChI is InChI=1S/C16H14FNO/c1-10-6-7-18-14-8-11(9-15(19)16(10)14)12-4-2-3-5-13(12)17/h2-7,11H,8-9H2,1H3. The Labute approximate surface area is 111 Å². The number of Topliss-reactive ketones (excluding diaryl/α,β-unsaturated/α-hetero) is 1. The molecule has 0 amide bonds. The first-order valence-corrected chi connectivity index (χ1v) is 6.39. The Balaban J connectivity index is 2.03. The van der Waals surface area contributed by atoms with Crippen LogP contribution in [0.2, 0.25) is 0 Å². The number of aryl methyl sites for hydroxylation is 1. The van der Waals surface area contributed by atoms with Gasteiger partial charge in [0, 0.05) is 18.2 Å². The molecule has 0 bridgehead atoms. The van der Waals surface area contributed by atoms with Gasteiger partial charge in [-0.05, 0) is 42.5 Å². The number of rotatable bonds is 1. The number of ketones is 1. The van der Waals surface area contributed by atoms with Crippen molar-refractivity contribution in [1.29, 1.82) is 0 Å². The highest BCUT2D eigenvalue weighted by molar-refractivity contribution is 6.00. The van der Waals surface area contributed by atoms with Crippen molar-refractivity contribution in [1.82, 2.24) is 4.98 Å². The lowest BCUT2D eigenvalue weighted by molar-refractivity contribution is 0.0962. The minimum absolute atomic E-state index is 0.0695. The quantitative estimate of drug-likeness (QED) is 0.781. The molecule has 0 radical (unpaired) electrons. The molecule has 0 N–H and O–H groups in total. The molecule has 1 aromatic carbocycles. The number of aromatic nitrogens is 1. The summed E-state index contributed by atoms with van der Waals surface area (Å²) in [6.07, 6.45) is 2.70. The Bertz CT molecular complexity index is 651. The molecule has 1 aliphatic carbocycles. The highest BCUT2D eigenvalue weighted by Gasteiger charge is 2.29.